The minimum Gasteiger partial charge on any atom is -0.480 e. The monoisotopic (exact) mass is 403 g/mol. The highest BCUT2D eigenvalue weighted by Crippen LogP contribution is 2.30. The van der Waals surface area contributed by atoms with E-state index >= 15 is 0 Å². The summed E-state index contributed by atoms with van der Waals surface area (Å²) < 4.78 is 0. The molecule has 1 heterocycles. The molecule has 0 radical (unpaired) electrons. The van der Waals surface area contributed by atoms with Gasteiger partial charge in [-0.15, -0.1) is 0 Å². The molecule has 0 aliphatic heterocycles. The number of hydrogen-bond donors (Lipinski definition) is 5. The zero-order chi connectivity index (χ0) is 21.1. The molecule has 7 nitrogen and oxygen atoms in total. The van der Waals surface area contributed by atoms with Gasteiger partial charge in [-0.2, -0.15) is 0 Å². The zero-order valence-corrected chi connectivity index (χ0v) is 16.1. The molecule has 4 rings (SSSR count). The van der Waals surface area contributed by atoms with Gasteiger partial charge >= 0.3 is 5.97 Å². The van der Waals surface area contributed by atoms with Crippen molar-refractivity contribution < 1.29 is 19.9 Å². The maximum Gasteiger partial charge on any atom is 0.321 e. The summed E-state index contributed by atoms with van der Waals surface area (Å²) in [7, 11) is 0. The van der Waals surface area contributed by atoms with E-state index in [4.69, 9.17) is 5.21 Å². The number of aromatic amines is 1. The van der Waals surface area contributed by atoms with Crippen LogP contribution < -0.4 is 10.8 Å². The summed E-state index contributed by atoms with van der Waals surface area (Å²) in [5, 5.41) is 22.5. The number of nitrogens with one attached hydrogen (secondary N) is 3. The molecule has 2 unspecified atom stereocenters. The zero-order valence-electron chi connectivity index (χ0n) is 16.1. The van der Waals surface area contributed by atoms with Crippen molar-refractivity contribution in [3.05, 3.63) is 71.4 Å². The third-order valence-electron chi connectivity index (χ3n) is 5.41. The molecule has 152 valence electrons. The fraction of sp³-hybridized carbons (Fsp3) is 0.217. The van der Waals surface area contributed by atoms with E-state index in [1.54, 1.807) is 5.48 Å². The molecule has 1 amide bonds. The topological polar surface area (TPSA) is 114 Å². The van der Waals surface area contributed by atoms with Gasteiger partial charge in [0.15, 0.2) is 0 Å². The Kier molecular flexibility index (Phi) is 5.53. The molecule has 0 bridgehead atoms. The summed E-state index contributed by atoms with van der Waals surface area (Å²) in [5.41, 5.74) is 5.40. The van der Waals surface area contributed by atoms with Crippen molar-refractivity contribution in [3.63, 3.8) is 0 Å². The van der Waals surface area contributed by atoms with Crippen LogP contribution in [0, 0.1) is 17.8 Å². The first kappa shape index (κ1) is 19.7. The van der Waals surface area contributed by atoms with Crippen molar-refractivity contribution in [1.29, 1.82) is 0 Å². The van der Waals surface area contributed by atoms with E-state index in [-0.39, 0.29) is 5.92 Å². The predicted octanol–water partition coefficient (Wildman–Crippen LogP) is 2.18. The molecule has 1 aliphatic rings. The van der Waals surface area contributed by atoms with Crippen molar-refractivity contribution in [1.82, 2.24) is 15.8 Å². The Bertz CT molecular complexity index is 1140. The molecule has 1 aromatic heterocycles. The Labute approximate surface area is 173 Å². The van der Waals surface area contributed by atoms with Crippen molar-refractivity contribution in [2.45, 2.75) is 24.9 Å². The van der Waals surface area contributed by atoms with Gasteiger partial charge in [0.1, 0.15) is 12.0 Å². The minimum atomic E-state index is -0.903. The third kappa shape index (κ3) is 3.92. The standard InChI is InChI=1S/C23H21N3O4/c27-22(26-30)19-10-9-17(19)15-7-5-14(6-8-15)12-24-21(23(28)29)11-16-13-25-20-4-2-1-3-18(16)20/h1-8,13,17,19,21,24-25,30H,11-12H2,(H,26,27)(H,28,29)/t17?,19?,21-/m0/s1. The molecule has 3 atom stereocenters. The van der Waals surface area contributed by atoms with Gasteiger partial charge in [0.25, 0.3) is 5.91 Å². The number of benzene rings is 2. The average molecular weight is 403 g/mol. The van der Waals surface area contributed by atoms with Gasteiger partial charge in [-0.1, -0.05) is 54.3 Å². The number of rotatable bonds is 8. The normalized spacial score (nSPS) is 18.2. The number of hydrogen-bond acceptors (Lipinski definition) is 4. The number of fused-ring (bicyclic) bond motifs is 1. The van der Waals surface area contributed by atoms with E-state index in [0.717, 1.165) is 27.6 Å². The van der Waals surface area contributed by atoms with Crippen molar-refractivity contribution in [3.8, 4) is 11.8 Å². The maximum absolute atomic E-state index is 11.8. The third-order valence-corrected chi connectivity index (χ3v) is 5.41. The highest BCUT2D eigenvalue weighted by Gasteiger charge is 2.32. The molecule has 0 fully saturated rings. The second kappa shape index (κ2) is 8.41. The lowest BCUT2D eigenvalue weighted by molar-refractivity contribution is -0.139. The van der Waals surface area contributed by atoms with Crippen LogP contribution >= 0.6 is 0 Å². The van der Waals surface area contributed by atoms with Crippen LogP contribution in [0.25, 0.3) is 10.9 Å². The highest BCUT2D eigenvalue weighted by molar-refractivity contribution is 5.85. The summed E-state index contributed by atoms with van der Waals surface area (Å²) >= 11 is 0. The Hall–Kier alpha value is -3.60. The number of aliphatic carboxylic acids is 1. The molecule has 7 heteroatoms. The maximum atomic E-state index is 11.8. The van der Waals surface area contributed by atoms with Crippen LogP contribution in [0.15, 0.2) is 54.7 Å². The smallest absolute Gasteiger partial charge is 0.321 e. The van der Waals surface area contributed by atoms with Crippen LogP contribution in [0.1, 0.15) is 22.6 Å². The van der Waals surface area contributed by atoms with Crippen LogP contribution in [-0.2, 0) is 22.6 Å². The number of aromatic nitrogens is 1. The summed E-state index contributed by atoms with van der Waals surface area (Å²) in [6, 6.07) is 14.6. The van der Waals surface area contributed by atoms with Gasteiger partial charge in [0, 0.05) is 30.1 Å². The highest BCUT2D eigenvalue weighted by atomic mass is 16.5. The fourth-order valence-corrected chi connectivity index (χ4v) is 3.66. The fourth-order valence-electron chi connectivity index (χ4n) is 3.66. The number of carboxylic acids is 1. The quantitative estimate of drug-likeness (QED) is 0.225. The first-order valence-electron chi connectivity index (χ1n) is 9.62. The number of para-hydroxylation sites is 1. The van der Waals surface area contributed by atoms with Gasteiger partial charge in [-0.25, -0.2) is 5.48 Å². The minimum absolute atomic E-state index is 0.243. The first-order chi connectivity index (χ1) is 14.6. The largest absolute Gasteiger partial charge is 0.480 e. The van der Waals surface area contributed by atoms with E-state index in [2.05, 4.69) is 22.1 Å². The van der Waals surface area contributed by atoms with E-state index < -0.39 is 23.8 Å². The summed E-state index contributed by atoms with van der Waals surface area (Å²) in [6.45, 7) is 0.399. The van der Waals surface area contributed by atoms with E-state index in [1.165, 1.54) is 0 Å². The van der Waals surface area contributed by atoms with Crippen LogP contribution in [0.4, 0.5) is 0 Å². The Balaban J connectivity index is 1.39. The predicted molar refractivity (Wildman–Crippen MR) is 111 cm³/mol. The number of carbonyl (C=O) groups is 2. The molecule has 0 spiro atoms. The van der Waals surface area contributed by atoms with Gasteiger partial charge < -0.3 is 15.4 Å². The van der Waals surface area contributed by atoms with Crippen LogP contribution in [0.3, 0.4) is 0 Å². The van der Waals surface area contributed by atoms with Crippen LogP contribution in [0.5, 0.6) is 0 Å². The molecule has 0 saturated carbocycles. The van der Waals surface area contributed by atoms with Crippen molar-refractivity contribution in [2.24, 2.45) is 5.92 Å². The lowest BCUT2D eigenvalue weighted by Crippen LogP contribution is -2.38. The molecule has 5 N–H and O–H groups in total. The number of amides is 1. The number of carbonyl (C=O) groups excluding carboxylic acids is 1. The second-order valence-electron chi connectivity index (χ2n) is 7.30. The summed E-state index contributed by atoms with van der Waals surface area (Å²) in [4.78, 5) is 26.5. The van der Waals surface area contributed by atoms with Crippen molar-refractivity contribution >= 4 is 22.8 Å². The molecule has 1 aliphatic carbocycles. The average Bonchev–Trinajstić information content (AvgIpc) is 3.14. The summed E-state index contributed by atoms with van der Waals surface area (Å²) in [6.07, 6.45) is 2.22. The van der Waals surface area contributed by atoms with Crippen LogP contribution in [-0.4, -0.2) is 33.2 Å². The van der Waals surface area contributed by atoms with Crippen molar-refractivity contribution in [2.75, 3.05) is 0 Å². The lowest BCUT2D eigenvalue weighted by atomic mass is 9.79. The number of H-pyrrole nitrogens is 1. The van der Waals surface area contributed by atoms with Gasteiger partial charge in [0.2, 0.25) is 0 Å². The SMILES string of the molecule is O=C(NO)C1C#CC1c1ccc(CN[C@@H](Cc2c[nH]c3ccccc23)C(=O)O)cc1. The summed E-state index contributed by atoms with van der Waals surface area (Å²) in [5.74, 6) is 3.47. The Morgan fingerprint density at radius 3 is 2.53 bits per heavy atom. The molecule has 0 saturated heterocycles. The number of hydroxylamine groups is 1. The molecular weight excluding hydrogens is 382 g/mol. The van der Waals surface area contributed by atoms with E-state index in [9.17, 15) is 14.7 Å². The second-order valence-corrected chi connectivity index (χ2v) is 7.30. The Morgan fingerprint density at radius 2 is 1.87 bits per heavy atom. The molecule has 3 aromatic rings. The molecule has 30 heavy (non-hydrogen) atoms. The molecular formula is C23H21N3O4. The van der Waals surface area contributed by atoms with E-state index in [0.29, 0.717) is 13.0 Å². The van der Waals surface area contributed by atoms with Gasteiger partial charge in [-0.05, 0) is 22.8 Å². The first-order valence-corrected chi connectivity index (χ1v) is 9.62. The van der Waals surface area contributed by atoms with Gasteiger partial charge in [-0.3, -0.25) is 14.8 Å². The van der Waals surface area contributed by atoms with Crippen LogP contribution in [0.2, 0.25) is 0 Å². The Morgan fingerprint density at radius 1 is 1.10 bits per heavy atom. The van der Waals surface area contributed by atoms with E-state index in [1.807, 2.05) is 54.7 Å². The molecule has 2 aromatic carbocycles. The lowest BCUT2D eigenvalue weighted by Gasteiger charge is -2.23. The van der Waals surface area contributed by atoms with Gasteiger partial charge in [0.05, 0.1) is 5.92 Å². The number of carboxylic acid groups (broad SMARTS) is 1.